The fourth-order valence-corrected chi connectivity index (χ4v) is 4.09. The van der Waals surface area contributed by atoms with Crippen LogP contribution >= 0.6 is 0 Å². The molecule has 1 aliphatic heterocycles. The second-order valence-corrected chi connectivity index (χ2v) is 7.82. The molecule has 0 spiro atoms. The highest BCUT2D eigenvalue weighted by molar-refractivity contribution is 5.90. The van der Waals surface area contributed by atoms with Gasteiger partial charge in [0.2, 0.25) is 5.91 Å². The Kier molecular flexibility index (Phi) is 6.60. The predicted molar refractivity (Wildman–Crippen MR) is 120 cm³/mol. The normalized spacial score (nSPS) is 14.8. The lowest BCUT2D eigenvalue weighted by Crippen LogP contribution is -2.47. The Morgan fingerprint density at radius 2 is 1.63 bits per heavy atom. The van der Waals surface area contributed by atoms with Gasteiger partial charge in [-0.25, -0.2) is 4.39 Å². The molecule has 0 radical (unpaired) electrons. The molecule has 0 aliphatic carbocycles. The Balaban J connectivity index is 1.17. The Hall–Kier alpha value is -2.92. The van der Waals surface area contributed by atoms with E-state index in [1.165, 1.54) is 17.5 Å². The number of hydrogen-bond donors (Lipinski definition) is 1. The van der Waals surface area contributed by atoms with E-state index in [1.807, 2.05) is 36.4 Å². The van der Waals surface area contributed by atoms with E-state index in [0.717, 1.165) is 55.8 Å². The molecule has 3 aromatic carbocycles. The largest absolute Gasteiger partial charge is 0.369 e. The van der Waals surface area contributed by atoms with Gasteiger partial charge in [0.05, 0.1) is 6.42 Å². The van der Waals surface area contributed by atoms with Crippen molar-refractivity contribution in [1.29, 1.82) is 0 Å². The predicted octanol–water partition coefficient (Wildman–Crippen LogP) is 3.85. The molecule has 156 valence electrons. The van der Waals surface area contributed by atoms with E-state index >= 15 is 0 Å². The van der Waals surface area contributed by atoms with E-state index < -0.39 is 0 Å². The second kappa shape index (κ2) is 9.72. The number of carbonyl (C=O) groups excluding carboxylic acids is 1. The van der Waals surface area contributed by atoms with Crippen LogP contribution in [0.1, 0.15) is 12.0 Å². The molecule has 4 rings (SSSR count). The molecule has 30 heavy (non-hydrogen) atoms. The maximum atomic E-state index is 13.1. The number of amides is 1. The number of anilines is 1. The molecular formula is C25H28FN3O. The van der Waals surface area contributed by atoms with Crippen LogP contribution in [0.5, 0.6) is 0 Å². The van der Waals surface area contributed by atoms with Crippen molar-refractivity contribution in [2.45, 2.75) is 12.8 Å². The summed E-state index contributed by atoms with van der Waals surface area (Å²) in [5.41, 5.74) is 2.15. The number of nitrogens with zero attached hydrogens (tertiary/aromatic N) is 2. The highest BCUT2D eigenvalue weighted by atomic mass is 19.1. The monoisotopic (exact) mass is 405 g/mol. The highest BCUT2D eigenvalue weighted by Gasteiger charge is 2.17. The topological polar surface area (TPSA) is 35.6 Å². The van der Waals surface area contributed by atoms with Gasteiger partial charge in [-0.1, -0.05) is 42.5 Å². The van der Waals surface area contributed by atoms with Crippen LogP contribution < -0.4 is 10.2 Å². The zero-order valence-electron chi connectivity index (χ0n) is 17.2. The van der Waals surface area contributed by atoms with Gasteiger partial charge in [-0.15, -0.1) is 0 Å². The summed E-state index contributed by atoms with van der Waals surface area (Å²) in [6.45, 7) is 5.54. The van der Waals surface area contributed by atoms with Crippen LogP contribution in [0.25, 0.3) is 10.8 Å². The first-order valence-electron chi connectivity index (χ1n) is 10.7. The minimum atomic E-state index is -0.195. The maximum absolute atomic E-state index is 13.1. The Labute approximate surface area is 177 Å². The Morgan fingerprint density at radius 1 is 0.900 bits per heavy atom. The zero-order valence-corrected chi connectivity index (χ0v) is 17.2. The smallest absolute Gasteiger partial charge is 0.224 e. The van der Waals surface area contributed by atoms with Crippen LogP contribution in [0, 0.1) is 5.82 Å². The van der Waals surface area contributed by atoms with E-state index in [0.29, 0.717) is 13.0 Å². The summed E-state index contributed by atoms with van der Waals surface area (Å²) in [6, 6.07) is 21.0. The van der Waals surface area contributed by atoms with Crippen molar-refractivity contribution >= 4 is 22.4 Å². The number of nitrogens with one attached hydrogen (secondary N) is 1. The maximum Gasteiger partial charge on any atom is 0.224 e. The molecule has 0 atom stereocenters. The van der Waals surface area contributed by atoms with Crippen LogP contribution in [0.4, 0.5) is 10.1 Å². The molecule has 4 nitrogen and oxygen atoms in total. The van der Waals surface area contributed by atoms with Gasteiger partial charge in [-0.05, 0) is 53.6 Å². The van der Waals surface area contributed by atoms with Gasteiger partial charge in [0.15, 0.2) is 0 Å². The highest BCUT2D eigenvalue weighted by Crippen LogP contribution is 2.19. The van der Waals surface area contributed by atoms with Crippen molar-refractivity contribution in [2.75, 3.05) is 44.2 Å². The molecule has 0 aromatic heterocycles. The minimum absolute atomic E-state index is 0.0764. The van der Waals surface area contributed by atoms with Crippen molar-refractivity contribution in [1.82, 2.24) is 10.2 Å². The first kappa shape index (κ1) is 20.4. The van der Waals surface area contributed by atoms with E-state index in [-0.39, 0.29) is 11.7 Å². The number of rotatable bonds is 7. The molecule has 1 amide bonds. The molecule has 3 aromatic rings. The van der Waals surface area contributed by atoms with Crippen LogP contribution in [-0.2, 0) is 11.2 Å². The summed E-state index contributed by atoms with van der Waals surface area (Å²) in [4.78, 5) is 17.1. The molecule has 0 bridgehead atoms. The molecular weight excluding hydrogens is 377 g/mol. The number of carbonyl (C=O) groups is 1. The lowest BCUT2D eigenvalue weighted by Gasteiger charge is -2.36. The summed E-state index contributed by atoms with van der Waals surface area (Å²) in [7, 11) is 0. The molecule has 5 heteroatoms. The molecule has 0 saturated carbocycles. The van der Waals surface area contributed by atoms with Crippen LogP contribution in [0.3, 0.4) is 0 Å². The third-order valence-electron chi connectivity index (χ3n) is 5.77. The number of hydrogen-bond acceptors (Lipinski definition) is 3. The average Bonchev–Trinajstić information content (AvgIpc) is 2.78. The zero-order chi connectivity index (χ0) is 20.8. The quantitative estimate of drug-likeness (QED) is 0.607. The van der Waals surface area contributed by atoms with Gasteiger partial charge in [0, 0.05) is 38.4 Å². The fourth-order valence-electron chi connectivity index (χ4n) is 4.09. The van der Waals surface area contributed by atoms with E-state index in [9.17, 15) is 9.18 Å². The van der Waals surface area contributed by atoms with Gasteiger partial charge in [0.1, 0.15) is 5.82 Å². The second-order valence-electron chi connectivity index (χ2n) is 7.82. The summed E-state index contributed by atoms with van der Waals surface area (Å²) < 4.78 is 13.1. The lowest BCUT2D eigenvalue weighted by atomic mass is 10.0. The minimum Gasteiger partial charge on any atom is -0.369 e. The number of benzene rings is 3. The molecule has 1 aliphatic rings. The standard InChI is InChI=1S/C25H28FN3O/c26-22-9-11-23(12-10-22)29-17-15-28(16-18-29)14-4-13-27-25(30)19-21-7-3-6-20-5-1-2-8-24(20)21/h1-3,5-12H,4,13-19H2,(H,27,30). The van der Waals surface area contributed by atoms with Crippen LogP contribution in [-0.4, -0.2) is 50.1 Å². The van der Waals surface area contributed by atoms with Crippen molar-refractivity contribution < 1.29 is 9.18 Å². The van der Waals surface area contributed by atoms with Crippen molar-refractivity contribution in [3.63, 3.8) is 0 Å². The van der Waals surface area contributed by atoms with E-state index in [4.69, 9.17) is 0 Å². The molecule has 1 saturated heterocycles. The van der Waals surface area contributed by atoms with Gasteiger partial charge < -0.3 is 10.2 Å². The number of halogens is 1. The lowest BCUT2D eigenvalue weighted by molar-refractivity contribution is -0.120. The molecule has 1 N–H and O–H groups in total. The SMILES string of the molecule is O=C(Cc1cccc2ccccc12)NCCCN1CCN(c2ccc(F)cc2)CC1. The van der Waals surface area contributed by atoms with Crippen LogP contribution in [0.2, 0.25) is 0 Å². The van der Waals surface area contributed by atoms with Gasteiger partial charge in [-0.2, -0.15) is 0 Å². The summed E-state index contributed by atoms with van der Waals surface area (Å²) in [5, 5.41) is 5.38. The number of piperazine rings is 1. The number of fused-ring (bicyclic) bond motifs is 1. The Morgan fingerprint density at radius 3 is 2.43 bits per heavy atom. The summed E-state index contributed by atoms with van der Waals surface area (Å²) in [6.07, 6.45) is 1.36. The molecule has 1 fully saturated rings. The summed E-state index contributed by atoms with van der Waals surface area (Å²) >= 11 is 0. The van der Waals surface area contributed by atoms with Gasteiger partial charge in [0.25, 0.3) is 0 Å². The van der Waals surface area contributed by atoms with Gasteiger partial charge in [-0.3, -0.25) is 9.69 Å². The fraction of sp³-hybridized carbons (Fsp3) is 0.320. The first-order chi connectivity index (χ1) is 14.7. The van der Waals surface area contributed by atoms with Crippen molar-refractivity contribution in [3.05, 3.63) is 78.1 Å². The Bertz CT molecular complexity index is 976. The van der Waals surface area contributed by atoms with Crippen LogP contribution in [0.15, 0.2) is 66.7 Å². The van der Waals surface area contributed by atoms with E-state index in [2.05, 4.69) is 33.3 Å². The molecule has 0 unspecified atom stereocenters. The third-order valence-corrected chi connectivity index (χ3v) is 5.77. The van der Waals surface area contributed by atoms with Gasteiger partial charge >= 0.3 is 0 Å². The summed E-state index contributed by atoms with van der Waals surface area (Å²) in [5.74, 6) is -0.118. The third kappa shape index (κ3) is 5.16. The van der Waals surface area contributed by atoms with Crippen molar-refractivity contribution in [3.8, 4) is 0 Å². The first-order valence-corrected chi connectivity index (χ1v) is 10.7. The van der Waals surface area contributed by atoms with Crippen molar-refractivity contribution in [2.24, 2.45) is 0 Å². The van der Waals surface area contributed by atoms with E-state index in [1.54, 1.807) is 0 Å². The average molecular weight is 406 g/mol. The molecule has 1 heterocycles.